The van der Waals surface area contributed by atoms with Gasteiger partial charge in [-0.3, -0.25) is 9.10 Å². The van der Waals surface area contributed by atoms with E-state index in [1.807, 2.05) is 0 Å². The molecule has 0 spiro atoms. The van der Waals surface area contributed by atoms with Gasteiger partial charge in [0.15, 0.2) is 0 Å². The molecule has 1 amide bonds. The van der Waals surface area contributed by atoms with E-state index >= 15 is 0 Å². The molecule has 1 unspecified atom stereocenters. The number of benzene rings is 3. The zero-order valence-electron chi connectivity index (χ0n) is 23.7. The van der Waals surface area contributed by atoms with E-state index in [9.17, 15) is 30.8 Å². The third-order valence-corrected chi connectivity index (χ3v) is 9.64. The maximum atomic E-state index is 14.5. The van der Waals surface area contributed by atoms with Crippen LogP contribution in [0.1, 0.15) is 36.5 Å². The first kappa shape index (κ1) is 31.8. The highest BCUT2D eigenvalue weighted by molar-refractivity contribution is 7.92. The van der Waals surface area contributed by atoms with Crippen LogP contribution in [0.3, 0.4) is 0 Å². The van der Waals surface area contributed by atoms with Crippen LogP contribution in [0, 0.1) is 5.82 Å². The number of fused-ring (bicyclic) bond motifs is 1. The molecule has 0 aliphatic carbocycles. The van der Waals surface area contributed by atoms with Gasteiger partial charge in [0.05, 0.1) is 27.7 Å². The standard InChI is InChI=1S/C31H30ClF4N3O4S/c1-20(30-25(32)6-3-7-26(30)33)16-21-8-10-28-27(17-21)39(44(41,42)24-5-2-4-22(18-24)31(34,35)36)19-23(43-28)9-11-29(40)38-14-12-37-13-15-38/h2-8,10,16-18,23,37H,9,11-15,19H2,1H3. The number of allylic oxidation sites excluding steroid dienone is 1. The van der Waals surface area contributed by atoms with Gasteiger partial charge in [-0.2, -0.15) is 13.2 Å². The number of carbonyl (C=O) groups is 1. The van der Waals surface area contributed by atoms with E-state index in [-0.39, 0.29) is 47.3 Å². The van der Waals surface area contributed by atoms with Crippen molar-refractivity contribution in [2.75, 3.05) is 37.0 Å². The summed E-state index contributed by atoms with van der Waals surface area (Å²) in [6.45, 7) is 3.92. The Labute approximate surface area is 258 Å². The highest BCUT2D eigenvalue weighted by Crippen LogP contribution is 2.40. The lowest BCUT2D eigenvalue weighted by Gasteiger charge is -2.36. The minimum Gasteiger partial charge on any atom is -0.486 e. The number of anilines is 1. The molecule has 13 heteroatoms. The van der Waals surface area contributed by atoms with Crippen molar-refractivity contribution in [2.45, 2.75) is 36.9 Å². The van der Waals surface area contributed by atoms with Crippen LogP contribution in [0.4, 0.5) is 23.2 Å². The second-order valence-electron chi connectivity index (χ2n) is 10.6. The summed E-state index contributed by atoms with van der Waals surface area (Å²) in [7, 11) is -4.51. The fourth-order valence-corrected chi connectivity index (χ4v) is 7.17. The molecule has 2 aliphatic heterocycles. The molecule has 5 rings (SSSR count). The number of hydrogen-bond donors (Lipinski definition) is 1. The third-order valence-electron chi connectivity index (χ3n) is 7.55. The van der Waals surface area contributed by atoms with Crippen LogP contribution >= 0.6 is 11.6 Å². The SMILES string of the molecule is CC(=Cc1ccc2c(c1)N(S(=O)(=O)c1cccc(C(F)(F)F)c1)CC(CCC(=O)N1CCNCC1)O2)c1c(F)cccc1Cl. The first-order valence-electron chi connectivity index (χ1n) is 14.0. The van der Waals surface area contributed by atoms with Crippen molar-refractivity contribution in [2.24, 2.45) is 0 Å². The van der Waals surface area contributed by atoms with Crippen molar-refractivity contribution in [1.29, 1.82) is 0 Å². The van der Waals surface area contributed by atoms with Gasteiger partial charge in [0.2, 0.25) is 5.91 Å². The maximum Gasteiger partial charge on any atom is 0.416 e. The van der Waals surface area contributed by atoms with Gasteiger partial charge in [-0.15, -0.1) is 0 Å². The molecule has 7 nitrogen and oxygen atoms in total. The Hall–Kier alpha value is -3.61. The number of alkyl halides is 3. The van der Waals surface area contributed by atoms with Crippen molar-refractivity contribution in [3.05, 3.63) is 88.2 Å². The van der Waals surface area contributed by atoms with Gasteiger partial charge < -0.3 is 15.0 Å². The number of carbonyl (C=O) groups excluding carboxylic acids is 1. The first-order chi connectivity index (χ1) is 20.8. The van der Waals surface area contributed by atoms with E-state index in [4.69, 9.17) is 16.3 Å². The van der Waals surface area contributed by atoms with Crippen molar-refractivity contribution in [1.82, 2.24) is 10.2 Å². The zero-order valence-corrected chi connectivity index (χ0v) is 25.3. The summed E-state index contributed by atoms with van der Waals surface area (Å²) in [5.41, 5.74) is 0.153. The Morgan fingerprint density at radius 1 is 1.09 bits per heavy atom. The largest absolute Gasteiger partial charge is 0.486 e. The molecule has 3 aromatic carbocycles. The molecule has 1 saturated heterocycles. The number of halogens is 5. The number of rotatable bonds is 7. The molecular weight excluding hydrogens is 622 g/mol. The number of sulfonamides is 1. The van der Waals surface area contributed by atoms with E-state index in [0.717, 1.165) is 22.5 Å². The van der Waals surface area contributed by atoms with Gasteiger partial charge in [-0.05, 0) is 66.9 Å². The predicted molar refractivity (Wildman–Crippen MR) is 160 cm³/mol. The van der Waals surface area contributed by atoms with E-state index in [1.54, 1.807) is 36.1 Å². The Morgan fingerprint density at radius 3 is 2.52 bits per heavy atom. The average Bonchev–Trinajstić information content (AvgIpc) is 2.99. The van der Waals surface area contributed by atoms with Crippen LogP contribution in [0.15, 0.2) is 65.6 Å². The Kier molecular flexibility index (Phi) is 9.24. The summed E-state index contributed by atoms with van der Waals surface area (Å²) >= 11 is 6.22. The van der Waals surface area contributed by atoms with E-state index < -0.39 is 38.6 Å². The molecule has 1 N–H and O–H groups in total. The quantitative estimate of drug-likeness (QED) is 0.242. The van der Waals surface area contributed by atoms with Gasteiger partial charge in [0.1, 0.15) is 17.7 Å². The molecule has 1 fully saturated rings. The Bertz CT molecular complexity index is 1670. The van der Waals surface area contributed by atoms with Crippen molar-refractivity contribution >= 4 is 44.9 Å². The van der Waals surface area contributed by atoms with Gasteiger partial charge in [0.25, 0.3) is 10.0 Å². The fourth-order valence-electron chi connectivity index (χ4n) is 5.31. The lowest BCUT2D eigenvalue weighted by molar-refractivity contribution is -0.137. The minimum atomic E-state index is -4.75. The van der Waals surface area contributed by atoms with Gasteiger partial charge in [-0.25, -0.2) is 12.8 Å². The molecule has 0 radical (unpaired) electrons. The summed E-state index contributed by atoms with van der Waals surface area (Å²) in [6.07, 6.45) is -3.55. The van der Waals surface area contributed by atoms with Crippen LogP contribution < -0.4 is 14.4 Å². The lowest BCUT2D eigenvalue weighted by atomic mass is 10.0. The molecule has 234 valence electrons. The van der Waals surface area contributed by atoms with Gasteiger partial charge in [0, 0.05) is 38.2 Å². The molecular formula is C31H30ClF4N3O4S. The van der Waals surface area contributed by atoms with Gasteiger partial charge >= 0.3 is 6.18 Å². The third kappa shape index (κ3) is 6.87. The van der Waals surface area contributed by atoms with Gasteiger partial charge in [-0.1, -0.05) is 35.9 Å². The van der Waals surface area contributed by atoms with Crippen LogP contribution in [0.5, 0.6) is 5.75 Å². The minimum absolute atomic E-state index is 0.0871. The summed E-state index contributed by atoms with van der Waals surface area (Å²) in [5.74, 6) is -0.430. The average molecular weight is 652 g/mol. The number of hydrogen-bond acceptors (Lipinski definition) is 5. The Morgan fingerprint density at radius 2 is 1.82 bits per heavy atom. The zero-order chi connectivity index (χ0) is 31.6. The highest BCUT2D eigenvalue weighted by Gasteiger charge is 2.37. The molecule has 1 atom stereocenters. The van der Waals surface area contributed by atoms with Crippen molar-refractivity contribution in [3.8, 4) is 5.75 Å². The molecule has 2 aliphatic rings. The molecule has 44 heavy (non-hydrogen) atoms. The number of amides is 1. The number of nitrogens with one attached hydrogen (secondary N) is 1. The number of nitrogens with zero attached hydrogens (tertiary/aromatic N) is 2. The summed E-state index contributed by atoms with van der Waals surface area (Å²) in [5, 5.41) is 3.38. The summed E-state index contributed by atoms with van der Waals surface area (Å²) in [6, 6.07) is 12.6. The molecule has 0 saturated carbocycles. The summed E-state index contributed by atoms with van der Waals surface area (Å²) < 4.78 is 90.0. The monoisotopic (exact) mass is 651 g/mol. The van der Waals surface area contributed by atoms with E-state index in [1.165, 1.54) is 18.2 Å². The number of piperazine rings is 1. The second kappa shape index (κ2) is 12.8. The molecule has 2 heterocycles. The van der Waals surface area contributed by atoms with Crippen LogP contribution in [-0.4, -0.2) is 58.1 Å². The highest BCUT2D eigenvalue weighted by atomic mass is 35.5. The summed E-state index contributed by atoms with van der Waals surface area (Å²) in [4.78, 5) is 14.0. The maximum absolute atomic E-state index is 14.5. The Balaban J connectivity index is 1.50. The second-order valence-corrected chi connectivity index (χ2v) is 12.9. The van der Waals surface area contributed by atoms with Crippen molar-refractivity contribution < 1.29 is 35.5 Å². The molecule has 3 aromatic rings. The normalized spacial score (nSPS) is 17.7. The van der Waals surface area contributed by atoms with Crippen LogP contribution in [-0.2, 0) is 21.0 Å². The molecule has 0 bridgehead atoms. The van der Waals surface area contributed by atoms with E-state index in [2.05, 4.69) is 5.32 Å². The van der Waals surface area contributed by atoms with Crippen LogP contribution in [0.25, 0.3) is 11.6 Å². The fraction of sp³-hybridized carbons (Fsp3) is 0.323. The smallest absolute Gasteiger partial charge is 0.416 e. The predicted octanol–water partition coefficient (Wildman–Crippen LogP) is 6.23. The first-order valence-corrected chi connectivity index (χ1v) is 15.8. The molecule has 0 aromatic heterocycles. The van der Waals surface area contributed by atoms with Crippen LogP contribution in [0.2, 0.25) is 5.02 Å². The van der Waals surface area contributed by atoms with E-state index in [0.29, 0.717) is 43.4 Å². The van der Waals surface area contributed by atoms with Crippen molar-refractivity contribution in [3.63, 3.8) is 0 Å². The number of ether oxygens (including phenoxy) is 1. The lowest BCUT2D eigenvalue weighted by Crippen LogP contribution is -2.47. The topological polar surface area (TPSA) is 79.0 Å².